The summed E-state index contributed by atoms with van der Waals surface area (Å²) in [5, 5.41) is 9.86. The van der Waals surface area contributed by atoms with E-state index >= 15 is 0 Å². The molecular weight excluding hydrogens is 313 g/mol. The minimum absolute atomic E-state index is 0.343. The molecule has 0 heterocycles. The molecule has 5 heteroatoms. The Kier molecular flexibility index (Phi) is 5.19. The monoisotopic (exact) mass is 323 g/mol. The lowest BCUT2D eigenvalue weighted by Gasteiger charge is -2.06. The van der Waals surface area contributed by atoms with Crippen LogP contribution >= 0.6 is 23.2 Å². The summed E-state index contributed by atoms with van der Waals surface area (Å²) >= 11 is 12.1. The summed E-state index contributed by atoms with van der Waals surface area (Å²) in [4.78, 5) is 0. The summed E-state index contributed by atoms with van der Waals surface area (Å²) in [5.74, 6) is 0.728. The molecule has 0 aromatic heterocycles. The molecule has 0 N–H and O–H groups in total. The van der Waals surface area contributed by atoms with Gasteiger partial charge < -0.3 is 0 Å². The molecule has 102 valence electrons. The first-order valence-corrected chi connectivity index (χ1v) is 8.11. The molecule has 20 heavy (non-hydrogen) atoms. The fourth-order valence-corrected chi connectivity index (χ4v) is 3.65. The van der Waals surface area contributed by atoms with Gasteiger partial charge in [-0.05, 0) is 29.3 Å². The van der Waals surface area contributed by atoms with Gasteiger partial charge in [-0.15, -0.1) is 0 Å². The summed E-state index contributed by atoms with van der Waals surface area (Å²) in [6, 6.07) is 14.4. The van der Waals surface area contributed by atoms with Gasteiger partial charge in [-0.2, -0.15) is 5.26 Å². The Hall–Kier alpha value is -1.34. The van der Waals surface area contributed by atoms with Crippen LogP contribution in [0.3, 0.4) is 0 Å². The van der Waals surface area contributed by atoms with Gasteiger partial charge in [-0.1, -0.05) is 47.5 Å². The van der Waals surface area contributed by atoms with E-state index in [-0.39, 0.29) is 0 Å². The fourth-order valence-electron chi connectivity index (χ4n) is 1.75. The number of hydrogen-bond donors (Lipinski definition) is 0. The van der Waals surface area contributed by atoms with Crippen LogP contribution in [0.15, 0.2) is 42.5 Å². The van der Waals surface area contributed by atoms with Crippen LogP contribution in [0.5, 0.6) is 0 Å². The summed E-state index contributed by atoms with van der Waals surface area (Å²) in [5.41, 5.74) is 2.13. The van der Waals surface area contributed by atoms with E-state index in [4.69, 9.17) is 28.5 Å². The smallest absolute Gasteiger partial charge is 0.0992 e. The molecule has 0 aliphatic carbocycles. The first-order chi connectivity index (χ1) is 9.60. The van der Waals surface area contributed by atoms with E-state index in [1.165, 1.54) is 0 Å². The molecule has 0 radical (unpaired) electrons. The Morgan fingerprint density at radius 2 is 1.65 bits per heavy atom. The number of rotatable bonds is 4. The molecule has 2 aromatic carbocycles. The molecule has 0 spiro atoms. The first-order valence-electron chi connectivity index (χ1n) is 5.87. The van der Waals surface area contributed by atoms with Crippen LogP contribution in [0.4, 0.5) is 0 Å². The lowest BCUT2D eigenvalue weighted by Crippen LogP contribution is -2.01. The molecule has 1 unspecified atom stereocenters. The fraction of sp³-hybridized carbons (Fsp3) is 0.133. The second kappa shape index (κ2) is 6.90. The largest absolute Gasteiger partial charge is 0.259 e. The SMILES string of the molecule is N#Cc1ccc(CS(=O)Cc2ccccc2Cl)c(Cl)c1. The van der Waals surface area contributed by atoms with Gasteiger partial charge in [0.25, 0.3) is 0 Å². The zero-order valence-electron chi connectivity index (χ0n) is 10.5. The number of nitrogens with zero attached hydrogens (tertiary/aromatic N) is 1. The third-order valence-electron chi connectivity index (χ3n) is 2.77. The second-order valence-corrected chi connectivity index (χ2v) is 6.51. The van der Waals surface area contributed by atoms with Crippen molar-refractivity contribution in [1.82, 2.24) is 0 Å². The second-order valence-electron chi connectivity index (χ2n) is 4.24. The van der Waals surface area contributed by atoms with Gasteiger partial charge in [0.15, 0.2) is 0 Å². The van der Waals surface area contributed by atoms with Gasteiger partial charge in [0.1, 0.15) is 0 Å². The average Bonchev–Trinajstić information content (AvgIpc) is 2.43. The standard InChI is InChI=1S/C15H11Cl2NOS/c16-14-4-2-1-3-12(14)9-20(19)10-13-6-5-11(8-18)7-15(13)17/h1-7H,9-10H2. The Labute approximate surface area is 130 Å². The Bertz CT molecular complexity index is 695. The highest BCUT2D eigenvalue weighted by Gasteiger charge is 2.09. The van der Waals surface area contributed by atoms with Crippen molar-refractivity contribution in [3.8, 4) is 6.07 Å². The molecule has 0 fully saturated rings. The Morgan fingerprint density at radius 1 is 1.00 bits per heavy atom. The van der Waals surface area contributed by atoms with Crippen LogP contribution in [0.25, 0.3) is 0 Å². The van der Waals surface area contributed by atoms with Crippen LogP contribution in [-0.4, -0.2) is 4.21 Å². The maximum absolute atomic E-state index is 12.2. The van der Waals surface area contributed by atoms with Crippen LogP contribution in [0, 0.1) is 11.3 Å². The first kappa shape index (κ1) is 15.1. The molecule has 2 rings (SSSR count). The zero-order valence-corrected chi connectivity index (χ0v) is 12.8. The van der Waals surface area contributed by atoms with Gasteiger partial charge in [0, 0.05) is 20.8 Å². The van der Waals surface area contributed by atoms with Crippen LogP contribution in [-0.2, 0) is 22.3 Å². The van der Waals surface area contributed by atoms with Crippen LogP contribution in [0.2, 0.25) is 10.0 Å². The minimum Gasteiger partial charge on any atom is -0.259 e. The quantitative estimate of drug-likeness (QED) is 0.841. The summed E-state index contributed by atoms with van der Waals surface area (Å²) < 4.78 is 12.2. The normalized spacial score (nSPS) is 11.8. The highest BCUT2D eigenvalue weighted by atomic mass is 35.5. The van der Waals surface area contributed by atoms with E-state index in [9.17, 15) is 4.21 Å². The maximum Gasteiger partial charge on any atom is 0.0992 e. The molecule has 1 atom stereocenters. The molecule has 0 saturated carbocycles. The predicted molar refractivity (Wildman–Crippen MR) is 83.2 cm³/mol. The maximum atomic E-state index is 12.2. The van der Waals surface area contributed by atoms with Gasteiger partial charge in [-0.3, -0.25) is 4.21 Å². The van der Waals surface area contributed by atoms with E-state index < -0.39 is 10.8 Å². The molecule has 0 saturated heterocycles. The van der Waals surface area contributed by atoms with E-state index in [0.717, 1.165) is 11.1 Å². The van der Waals surface area contributed by atoms with Crippen molar-refractivity contribution < 1.29 is 4.21 Å². The molecule has 2 aromatic rings. The van der Waals surface area contributed by atoms with E-state index in [2.05, 4.69) is 0 Å². The third kappa shape index (κ3) is 3.83. The number of hydrogen-bond acceptors (Lipinski definition) is 2. The lowest BCUT2D eigenvalue weighted by molar-refractivity contribution is 0.682. The zero-order chi connectivity index (χ0) is 14.5. The van der Waals surface area contributed by atoms with Crippen molar-refractivity contribution >= 4 is 34.0 Å². The average molecular weight is 324 g/mol. The van der Waals surface area contributed by atoms with Gasteiger partial charge >= 0.3 is 0 Å². The topological polar surface area (TPSA) is 40.9 Å². The summed E-state index contributed by atoms with van der Waals surface area (Å²) in [7, 11) is -1.10. The van der Waals surface area contributed by atoms with Crippen molar-refractivity contribution in [2.75, 3.05) is 0 Å². The van der Waals surface area contributed by atoms with Crippen molar-refractivity contribution in [3.63, 3.8) is 0 Å². The van der Waals surface area contributed by atoms with Gasteiger partial charge in [0.05, 0.1) is 23.1 Å². The van der Waals surface area contributed by atoms with Gasteiger partial charge in [0.2, 0.25) is 0 Å². The molecule has 0 aliphatic heterocycles. The van der Waals surface area contributed by atoms with Gasteiger partial charge in [-0.25, -0.2) is 0 Å². The highest BCUT2D eigenvalue weighted by Crippen LogP contribution is 2.22. The van der Waals surface area contributed by atoms with Crippen molar-refractivity contribution in [2.45, 2.75) is 11.5 Å². The highest BCUT2D eigenvalue weighted by molar-refractivity contribution is 7.83. The van der Waals surface area contributed by atoms with E-state index in [0.29, 0.717) is 27.1 Å². The van der Waals surface area contributed by atoms with Crippen molar-refractivity contribution in [3.05, 3.63) is 69.2 Å². The molecule has 0 aliphatic rings. The molecule has 0 amide bonds. The third-order valence-corrected chi connectivity index (χ3v) is 4.76. The van der Waals surface area contributed by atoms with E-state index in [1.807, 2.05) is 24.3 Å². The summed E-state index contributed by atoms with van der Waals surface area (Å²) in [6.45, 7) is 0. The summed E-state index contributed by atoms with van der Waals surface area (Å²) in [6.07, 6.45) is 0. The Balaban J connectivity index is 2.09. The van der Waals surface area contributed by atoms with Crippen molar-refractivity contribution in [2.24, 2.45) is 0 Å². The van der Waals surface area contributed by atoms with Crippen LogP contribution in [0.1, 0.15) is 16.7 Å². The molecular formula is C15H11Cl2NOS. The molecule has 2 nitrogen and oxygen atoms in total. The van der Waals surface area contributed by atoms with Crippen molar-refractivity contribution in [1.29, 1.82) is 5.26 Å². The Morgan fingerprint density at radius 3 is 2.25 bits per heavy atom. The lowest BCUT2D eigenvalue weighted by atomic mass is 10.2. The number of benzene rings is 2. The van der Waals surface area contributed by atoms with Crippen LogP contribution < -0.4 is 0 Å². The molecule has 0 bridgehead atoms. The number of nitriles is 1. The number of halogens is 2. The van der Waals surface area contributed by atoms with E-state index in [1.54, 1.807) is 24.3 Å². The predicted octanol–water partition coefficient (Wildman–Crippen LogP) is 4.31. The minimum atomic E-state index is -1.10.